The normalized spacial score (nSPS) is 10.5. The fourth-order valence-electron chi connectivity index (χ4n) is 1.85. The van der Waals surface area contributed by atoms with Gasteiger partial charge in [0.05, 0.1) is 30.6 Å². The molecule has 0 aliphatic carbocycles. The van der Waals surface area contributed by atoms with Crippen molar-refractivity contribution in [2.45, 2.75) is 20.3 Å². The molecule has 0 aliphatic heterocycles. The minimum atomic E-state index is -0.141. The number of nitrogen functional groups attached to an aromatic ring is 1. The van der Waals surface area contributed by atoms with E-state index in [9.17, 15) is 4.79 Å². The first-order valence-electron chi connectivity index (χ1n) is 7.26. The van der Waals surface area contributed by atoms with Gasteiger partial charge in [-0.1, -0.05) is 26.0 Å². The molecule has 5 heteroatoms. The minimum Gasteiger partial charge on any atom is -0.491 e. The molecule has 0 saturated carbocycles. The van der Waals surface area contributed by atoms with Crippen molar-refractivity contribution in [1.82, 2.24) is 4.98 Å². The molecule has 1 aromatic carbocycles. The molecule has 2 rings (SSSR count). The van der Waals surface area contributed by atoms with Crippen molar-refractivity contribution in [2.75, 3.05) is 17.7 Å². The van der Waals surface area contributed by atoms with Gasteiger partial charge in [0.25, 0.3) is 0 Å². The molecule has 0 saturated heterocycles. The zero-order valence-electron chi connectivity index (χ0n) is 12.9. The van der Waals surface area contributed by atoms with Gasteiger partial charge in [-0.3, -0.25) is 9.78 Å². The largest absolute Gasteiger partial charge is 0.491 e. The molecular formula is C17H21N3O2. The Morgan fingerprint density at radius 3 is 2.73 bits per heavy atom. The Hall–Kier alpha value is -2.56. The lowest BCUT2D eigenvalue weighted by atomic mass is 10.2. The molecule has 116 valence electrons. The van der Waals surface area contributed by atoms with Gasteiger partial charge in [-0.05, 0) is 30.2 Å². The Morgan fingerprint density at radius 2 is 2.05 bits per heavy atom. The van der Waals surface area contributed by atoms with E-state index in [-0.39, 0.29) is 12.3 Å². The quantitative estimate of drug-likeness (QED) is 0.860. The number of benzene rings is 1. The van der Waals surface area contributed by atoms with Crippen LogP contribution in [0.1, 0.15) is 19.5 Å². The van der Waals surface area contributed by atoms with Gasteiger partial charge in [0.2, 0.25) is 5.91 Å². The summed E-state index contributed by atoms with van der Waals surface area (Å²) in [5, 5.41) is 2.86. The summed E-state index contributed by atoms with van der Waals surface area (Å²) in [4.78, 5) is 16.2. The summed E-state index contributed by atoms with van der Waals surface area (Å²) in [6.07, 6.45) is 1.74. The van der Waals surface area contributed by atoms with Gasteiger partial charge in [-0.15, -0.1) is 0 Å². The zero-order chi connectivity index (χ0) is 15.9. The highest BCUT2D eigenvalue weighted by Crippen LogP contribution is 2.24. The maximum absolute atomic E-state index is 12.1. The van der Waals surface area contributed by atoms with E-state index >= 15 is 0 Å². The molecule has 0 spiro atoms. The minimum absolute atomic E-state index is 0.141. The predicted molar refractivity (Wildman–Crippen MR) is 87.8 cm³/mol. The zero-order valence-corrected chi connectivity index (χ0v) is 12.9. The van der Waals surface area contributed by atoms with Crippen LogP contribution in [-0.2, 0) is 11.2 Å². The molecule has 1 amide bonds. The average molecular weight is 299 g/mol. The van der Waals surface area contributed by atoms with Crippen LogP contribution in [0.25, 0.3) is 0 Å². The van der Waals surface area contributed by atoms with Gasteiger partial charge in [0, 0.05) is 5.69 Å². The summed E-state index contributed by atoms with van der Waals surface area (Å²) in [5.74, 6) is 0.954. The van der Waals surface area contributed by atoms with Crippen LogP contribution in [0.4, 0.5) is 11.4 Å². The molecule has 5 nitrogen and oxygen atoms in total. The lowest BCUT2D eigenvalue weighted by molar-refractivity contribution is -0.115. The van der Waals surface area contributed by atoms with E-state index in [1.807, 2.05) is 24.3 Å². The average Bonchev–Trinajstić information content (AvgIpc) is 2.48. The lowest BCUT2D eigenvalue weighted by Gasteiger charge is -2.13. The number of nitrogens with one attached hydrogen (secondary N) is 1. The summed E-state index contributed by atoms with van der Waals surface area (Å²) in [6.45, 7) is 4.76. The molecule has 1 heterocycles. The maximum Gasteiger partial charge on any atom is 0.230 e. The fraction of sp³-hybridized carbons (Fsp3) is 0.294. The number of rotatable bonds is 6. The van der Waals surface area contributed by atoms with Crippen LogP contribution in [0, 0.1) is 5.92 Å². The van der Waals surface area contributed by atoms with Crippen molar-refractivity contribution in [3.8, 4) is 5.75 Å². The van der Waals surface area contributed by atoms with Crippen molar-refractivity contribution in [1.29, 1.82) is 0 Å². The predicted octanol–water partition coefficient (Wildman–Crippen LogP) is 2.88. The van der Waals surface area contributed by atoms with E-state index in [1.54, 1.807) is 18.3 Å². The van der Waals surface area contributed by atoms with E-state index in [0.717, 1.165) is 0 Å². The van der Waals surface area contributed by atoms with Gasteiger partial charge in [-0.25, -0.2) is 0 Å². The highest BCUT2D eigenvalue weighted by atomic mass is 16.5. The topological polar surface area (TPSA) is 77.2 Å². The first-order chi connectivity index (χ1) is 10.5. The number of carbonyl (C=O) groups is 1. The number of aromatic nitrogens is 1. The highest BCUT2D eigenvalue weighted by molar-refractivity contribution is 5.93. The Labute approximate surface area is 130 Å². The number of hydrogen-bond acceptors (Lipinski definition) is 4. The molecule has 0 radical (unpaired) electrons. The van der Waals surface area contributed by atoms with Gasteiger partial charge in [-0.2, -0.15) is 0 Å². The lowest BCUT2D eigenvalue weighted by Crippen LogP contribution is -2.16. The third kappa shape index (κ3) is 4.77. The second-order valence-electron chi connectivity index (χ2n) is 5.51. The van der Waals surface area contributed by atoms with Gasteiger partial charge in [0.1, 0.15) is 5.75 Å². The van der Waals surface area contributed by atoms with E-state index < -0.39 is 0 Å². The van der Waals surface area contributed by atoms with Crippen molar-refractivity contribution < 1.29 is 9.53 Å². The summed E-state index contributed by atoms with van der Waals surface area (Å²) in [7, 11) is 0. The van der Waals surface area contributed by atoms with Gasteiger partial charge in [0.15, 0.2) is 0 Å². The molecule has 0 aliphatic rings. The molecule has 1 aromatic heterocycles. The molecule has 0 unspecified atom stereocenters. The van der Waals surface area contributed by atoms with E-state index in [4.69, 9.17) is 10.5 Å². The number of pyridine rings is 1. The van der Waals surface area contributed by atoms with Crippen LogP contribution in [-0.4, -0.2) is 17.5 Å². The van der Waals surface area contributed by atoms with Crippen molar-refractivity contribution in [2.24, 2.45) is 5.92 Å². The van der Waals surface area contributed by atoms with Crippen LogP contribution in [0.3, 0.4) is 0 Å². The number of carbonyl (C=O) groups excluding carboxylic acids is 1. The van der Waals surface area contributed by atoms with Crippen LogP contribution in [0.15, 0.2) is 42.6 Å². The van der Waals surface area contributed by atoms with Crippen LogP contribution in [0.5, 0.6) is 5.75 Å². The summed E-state index contributed by atoms with van der Waals surface area (Å²) >= 11 is 0. The smallest absolute Gasteiger partial charge is 0.230 e. The third-order valence-corrected chi connectivity index (χ3v) is 2.92. The Balaban J connectivity index is 2.00. The highest BCUT2D eigenvalue weighted by Gasteiger charge is 2.09. The first kappa shape index (κ1) is 15.8. The number of amides is 1. The molecule has 3 N–H and O–H groups in total. The monoisotopic (exact) mass is 299 g/mol. The number of anilines is 2. The number of nitrogens with two attached hydrogens (primary N) is 1. The number of para-hydroxylation sites is 2. The van der Waals surface area contributed by atoms with Crippen molar-refractivity contribution >= 4 is 17.3 Å². The second-order valence-corrected chi connectivity index (χ2v) is 5.51. The summed E-state index contributed by atoms with van der Waals surface area (Å²) < 4.78 is 5.72. The number of hydrogen-bond donors (Lipinski definition) is 2. The van der Waals surface area contributed by atoms with E-state index in [2.05, 4.69) is 24.1 Å². The number of nitrogens with zero attached hydrogens (tertiary/aromatic N) is 1. The summed E-state index contributed by atoms with van der Waals surface area (Å²) in [6, 6.07) is 10.9. The Morgan fingerprint density at radius 1 is 1.27 bits per heavy atom. The third-order valence-electron chi connectivity index (χ3n) is 2.92. The van der Waals surface area contributed by atoms with Gasteiger partial charge >= 0.3 is 0 Å². The fourth-order valence-corrected chi connectivity index (χ4v) is 1.85. The molecule has 2 aromatic rings. The number of ether oxygens (including phenoxy) is 1. The van der Waals surface area contributed by atoms with Crippen LogP contribution < -0.4 is 15.8 Å². The van der Waals surface area contributed by atoms with E-state index in [1.165, 1.54) is 0 Å². The maximum atomic E-state index is 12.1. The summed E-state index contributed by atoms with van der Waals surface area (Å²) in [5.41, 5.74) is 7.50. The van der Waals surface area contributed by atoms with Crippen LogP contribution >= 0.6 is 0 Å². The SMILES string of the molecule is CC(C)COc1ccccc1NC(=O)Cc1ccc(N)cn1. The van der Waals surface area contributed by atoms with E-state index in [0.29, 0.717) is 35.3 Å². The Kier molecular flexibility index (Phi) is 5.36. The molecule has 0 fully saturated rings. The molecule has 0 bridgehead atoms. The molecule has 0 atom stereocenters. The van der Waals surface area contributed by atoms with Crippen molar-refractivity contribution in [3.63, 3.8) is 0 Å². The molecular weight excluding hydrogens is 278 g/mol. The van der Waals surface area contributed by atoms with Crippen molar-refractivity contribution in [3.05, 3.63) is 48.3 Å². The van der Waals surface area contributed by atoms with Gasteiger partial charge < -0.3 is 15.8 Å². The first-order valence-corrected chi connectivity index (χ1v) is 7.26. The second kappa shape index (κ2) is 7.45. The molecule has 22 heavy (non-hydrogen) atoms. The standard InChI is InChI=1S/C17H21N3O2/c1-12(2)11-22-16-6-4-3-5-15(16)20-17(21)9-14-8-7-13(18)10-19-14/h3-8,10,12H,9,11,18H2,1-2H3,(H,20,21). The Bertz CT molecular complexity index is 624. The van der Waals surface area contributed by atoms with Crippen LogP contribution in [0.2, 0.25) is 0 Å².